The molecule has 5 rings (SSSR count). The predicted octanol–water partition coefficient (Wildman–Crippen LogP) is 4.49. The summed E-state index contributed by atoms with van der Waals surface area (Å²) in [5.74, 6) is 1.08. The van der Waals surface area contributed by atoms with E-state index in [9.17, 15) is 0 Å². The molecule has 2 fully saturated rings. The Balaban J connectivity index is 1.20. The van der Waals surface area contributed by atoms with Crippen molar-refractivity contribution in [3.05, 3.63) is 59.2 Å². The van der Waals surface area contributed by atoms with E-state index in [4.69, 9.17) is 10.00 Å². The molecule has 2 aromatic rings. The Morgan fingerprint density at radius 1 is 1.11 bits per heavy atom. The molecule has 0 atom stereocenters. The van der Waals surface area contributed by atoms with Gasteiger partial charge in [-0.05, 0) is 54.3 Å². The molecule has 3 aliphatic rings. The maximum atomic E-state index is 8.90. The van der Waals surface area contributed by atoms with Gasteiger partial charge in [0.1, 0.15) is 11.4 Å². The SMILES string of the molecule is N#Cc1ccc(NCc2ccc3c(c2)OC2(CCN(C4CCC4)CC2)C3)cc1. The summed E-state index contributed by atoms with van der Waals surface area (Å²) < 4.78 is 6.55. The van der Waals surface area contributed by atoms with E-state index in [1.54, 1.807) is 0 Å². The third kappa shape index (κ3) is 3.36. The lowest BCUT2D eigenvalue weighted by Crippen LogP contribution is -2.52. The Hall–Kier alpha value is -2.51. The van der Waals surface area contributed by atoms with Crippen molar-refractivity contribution >= 4 is 5.69 Å². The number of anilines is 1. The van der Waals surface area contributed by atoms with Crippen molar-refractivity contribution in [3.8, 4) is 11.8 Å². The maximum absolute atomic E-state index is 8.90. The van der Waals surface area contributed by atoms with Crippen LogP contribution < -0.4 is 10.1 Å². The van der Waals surface area contributed by atoms with E-state index in [1.165, 1.54) is 43.5 Å². The molecule has 1 saturated carbocycles. The van der Waals surface area contributed by atoms with E-state index < -0.39 is 0 Å². The number of nitrogens with one attached hydrogen (secondary N) is 1. The molecule has 0 aromatic heterocycles. The van der Waals surface area contributed by atoms with Crippen LogP contribution in [0.1, 0.15) is 48.8 Å². The molecule has 0 amide bonds. The fourth-order valence-corrected chi connectivity index (χ4v) is 4.76. The summed E-state index contributed by atoms with van der Waals surface area (Å²) in [4.78, 5) is 2.69. The van der Waals surface area contributed by atoms with Gasteiger partial charge in [0.05, 0.1) is 11.6 Å². The topological polar surface area (TPSA) is 48.3 Å². The number of ether oxygens (including phenoxy) is 1. The van der Waals surface area contributed by atoms with Gasteiger partial charge < -0.3 is 15.0 Å². The third-order valence-electron chi connectivity index (χ3n) is 6.78. The molecule has 0 radical (unpaired) electrons. The second kappa shape index (κ2) is 7.14. The fourth-order valence-electron chi connectivity index (χ4n) is 4.76. The molecule has 2 aromatic carbocycles. The van der Waals surface area contributed by atoms with Crippen LogP contribution in [-0.4, -0.2) is 29.6 Å². The number of nitriles is 1. The first kappa shape index (κ1) is 17.6. The maximum Gasteiger partial charge on any atom is 0.123 e. The summed E-state index contributed by atoms with van der Waals surface area (Å²) in [6, 6.07) is 17.3. The molecule has 144 valence electrons. The van der Waals surface area contributed by atoms with Gasteiger partial charge in [0.2, 0.25) is 0 Å². The highest BCUT2D eigenvalue weighted by Crippen LogP contribution is 2.42. The first-order valence-electron chi connectivity index (χ1n) is 10.5. The summed E-state index contributed by atoms with van der Waals surface area (Å²) in [7, 11) is 0. The molecular weight excluding hydrogens is 346 g/mol. The van der Waals surface area contributed by atoms with Crippen molar-refractivity contribution in [2.24, 2.45) is 0 Å². The van der Waals surface area contributed by atoms with Gasteiger partial charge in [-0.1, -0.05) is 18.6 Å². The number of fused-ring (bicyclic) bond motifs is 1. The first-order valence-corrected chi connectivity index (χ1v) is 10.5. The number of nitrogens with zero attached hydrogens (tertiary/aromatic N) is 2. The average Bonchev–Trinajstić information content (AvgIpc) is 3.04. The number of hydrogen-bond acceptors (Lipinski definition) is 4. The summed E-state index contributed by atoms with van der Waals surface area (Å²) in [6.07, 6.45) is 7.55. The van der Waals surface area contributed by atoms with Gasteiger partial charge >= 0.3 is 0 Å². The fraction of sp³-hybridized carbons (Fsp3) is 0.458. The lowest BCUT2D eigenvalue weighted by Gasteiger charge is -2.45. The highest BCUT2D eigenvalue weighted by molar-refractivity contribution is 5.49. The predicted molar refractivity (Wildman–Crippen MR) is 110 cm³/mol. The number of likely N-dealkylation sites (tertiary alicyclic amines) is 1. The smallest absolute Gasteiger partial charge is 0.123 e. The Morgan fingerprint density at radius 2 is 1.89 bits per heavy atom. The molecule has 1 saturated heterocycles. The van der Waals surface area contributed by atoms with Gasteiger partial charge in [-0.2, -0.15) is 5.26 Å². The monoisotopic (exact) mass is 373 g/mol. The van der Waals surface area contributed by atoms with Gasteiger partial charge in [0.15, 0.2) is 0 Å². The summed E-state index contributed by atoms with van der Waals surface area (Å²) >= 11 is 0. The summed E-state index contributed by atoms with van der Waals surface area (Å²) in [6.45, 7) is 3.13. The summed E-state index contributed by atoms with van der Waals surface area (Å²) in [5, 5.41) is 12.3. The lowest BCUT2D eigenvalue weighted by atomic mass is 9.84. The number of rotatable bonds is 4. The second-order valence-corrected chi connectivity index (χ2v) is 8.57. The average molecular weight is 374 g/mol. The second-order valence-electron chi connectivity index (χ2n) is 8.57. The van der Waals surface area contributed by atoms with Crippen LogP contribution in [-0.2, 0) is 13.0 Å². The largest absolute Gasteiger partial charge is 0.487 e. The van der Waals surface area contributed by atoms with Crippen LogP contribution in [0.25, 0.3) is 0 Å². The molecule has 1 N–H and O–H groups in total. The van der Waals surface area contributed by atoms with E-state index in [-0.39, 0.29) is 5.60 Å². The zero-order chi connectivity index (χ0) is 19.0. The molecule has 4 heteroatoms. The minimum atomic E-state index is 0.0295. The molecular formula is C24H27N3O. The highest BCUT2D eigenvalue weighted by atomic mass is 16.5. The Kier molecular flexibility index (Phi) is 4.49. The van der Waals surface area contributed by atoms with Gasteiger partial charge in [-0.15, -0.1) is 0 Å². The van der Waals surface area contributed by atoms with Gasteiger partial charge in [0.25, 0.3) is 0 Å². The highest BCUT2D eigenvalue weighted by Gasteiger charge is 2.43. The van der Waals surface area contributed by atoms with Crippen molar-refractivity contribution in [2.45, 2.75) is 56.7 Å². The van der Waals surface area contributed by atoms with E-state index in [2.05, 4.69) is 34.5 Å². The Morgan fingerprint density at radius 3 is 2.57 bits per heavy atom. The van der Waals surface area contributed by atoms with E-state index >= 15 is 0 Å². The minimum Gasteiger partial charge on any atom is -0.487 e. The van der Waals surface area contributed by atoms with Crippen molar-refractivity contribution in [3.63, 3.8) is 0 Å². The zero-order valence-electron chi connectivity index (χ0n) is 16.3. The number of piperidine rings is 1. The van der Waals surface area contributed by atoms with E-state index in [1.807, 2.05) is 24.3 Å². The van der Waals surface area contributed by atoms with Crippen LogP contribution in [0.5, 0.6) is 5.75 Å². The van der Waals surface area contributed by atoms with Crippen molar-refractivity contribution in [1.29, 1.82) is 5.26 Å². The first-order chi connectivity index (χ1) is 13.7. The molecule has 2 heterocycles. The van der Waals surface area contributed by atoms with Crippen LogP contribution >= 0.6 is 0 Å². The molecule has 1 spiro atoms. The normalized spacial score (nSPS) is 20.8. The zero-order valence-corrected chi connectivity index (χ0v) is 16.3. The number of benzene rings is 2. The van der Waals surface area contributed by atoms with Gasteiger partial charge in [-0.3, -0.25) is 0 Å². The Labute approximate surface area is 167 Å². The van der Waals surface area contributed by atoms with Gasteiger partial charge in [0, 0.05) is 50.6 Å². The lowest BCUT2D eigenvalue weighted by molar-refractivity contribution is -0.00748. The molecule has 0 unspecified atom stereocenters. The standard InChI is InChI=1S/C24H27N3O/c25-16-18-5-8-21(9-6-18)26-17-19-4-7-20-15-24(28-23(20)14-19)10-12-27(13-11-24)22-2-1-3-22/h4-9,14,22,26H,1-3,10-13,15,17H2. The molecule has 4 nitrogen and oxygen atoms in total. The van der Waals surface area contributed by atoms with Crippen LogP contribution in [0.2, 0.25) is 0 Å². The molecule has 0 bridgehead atoms. The van der Waals surface area contributed by atoms with Crippen LogP contribution in [0, 0.1) is 11.3 Å². The molecule has 2 aliphatic heterocycles. The Bertz CT molecular complexity index is 887. The summed E-state index contributed by atoms with van der Waals surface area (Å²) in [5.41, 5.74) is 4.33. The quantitative estimate of drug-likeness (QED) is 0.858. The van der Waals surface area contributed by atoms with Crippen LogP contribution in [0.15, 0.2) is 42.5 Å². The van der Waals surface area contributed by atoms with Crippen LogP contribution in [0.4, 0.5) is 5.69 Å². The third-order valence-corrected chi connectivity index (χ3v) is 6.78. The molecule has 28 heavy (non-hydrogen) atoms. The van der Waals surface area contributed by atoms with Crippen molar-refractivity contribution in [1.82, 2.24) is 4.90 Å². The number of hydrogen-bond donors (Lipinski definition) is 1. The molecule has 1 aliphatic carbocycles. The van der Waals surface area contributed by atoms with Crippen LogP contribution in [0.3, 0.4) is 0 Å². The van der Waals surface area contributed by atoms with E-state index in [0.29, 0.717) is 5.56 Å². The van der Waals surface area contributed by atoms with E-state index in [0.717, 1.165) is 43.3 Å². The van der Waals surface area contributed by atoms with Gasteiger partial charge in [-0.25, -0.2) is 0 Å². The minimum absolute atomic E-state index is 0.0295. The van der Waals surface area contributed by atoms with Crippen molar-refractivity contribution < 1.29 is 4.74 Å². The van der Waals surface area contributed by atoms with Crippen molar-refractivity contribution in [2.75, 3.05) is 18.4 Å².